The van der Waals surface area contributed by atoms with Gasteiger partial charge in [0.05, 0.1) is 5.54 Å². The van der Waals surface area contributed by atoms with Crippen molar-refractivity contribution in [3.63, 3.8) is 0 Å². The number of hydrogen-bond acceptors (Lipinski definition) is 4. The maximum absolute atomic E-state index is 13.1. The Morgan fingerprint density at radius 1 is 1.12 bits per heavy atom. The molecular formula is C19H20N4O. The molecule has 0 saturated heterocycles. The smallest absolute Gasteiger partial charge is 0.226 e. The van der Waals surface area contributed by atoms with E-state index in [-0.39, 0.29) is 17.2 Å². The third-order valence-corrected chi connectivity index (χ3v) is 5.85. The van der Waals surface area contributed by atoms with Gasteiger partial charge in [-0.15, -0.1) is 0 Å². The lowest BCUT2D eigenvalue weighted by molar-refractivity contribution is -0.117. The van der Waals surface area contributed by atoms with E-state index in [1.807, 2.05) is 22.9 Å². The van der Waals surface area contributed by atoms with Crippen LogP contribution in [0.1, 0.15) is 50.0 Å². The van der Waals surface area contributed by atoms with Gasteiger partial charge in [-0.3, -0.25) is 4.79 Å². The van der Waals surface area contributed by atoms with Gasteiger partial charge in [-0.2, -0.15) is 10.1 Å². The molecule has 1 saturated carbocycles. The van der Waals surface area contributed by atoms with E-state index in [2.05, 4.69) is 27.5 Å². The molecule has 2 aromatic rings. The standard InChI is InChI=1S/C19H20N4O/c24-16-11-14(13-6-2-1-3-7-13)10-15-17(16)19(8-4-5-9-19)23-18(22-15)20-12-21-23/h1-3,6-7,12,14H,4-5,8-11H2,(H,20,21,22). The van der Waals surface area contributed by atoms with Crippen LogP contribution < -0.4 is 5.32 Å². The number of benzene rings is 1. The Balaban J connectivity index is 1.61. The number of ketones is 1. The Morgan fingerprint density at radius 2 is 1.92 bits per heavy atom. The molecule has 122 valence electrons. The predicted molar refractivity (Wildman–Crippen MR) is 90.5 cm³/mol. The minimum Gasteiger partial charge on any atom is -0.328 e. The number of nitrogens with one attached hydrogen (secondary N) is 1. The number of Topliss-reactive ketones (excluding diaryl/α,β-unsaturated/α-hetero) is 1. The van der Waals surface area contributed by atoms with Crippen LogP contribution in [0.2, 0.25) is 0 Å². The van der Waals surface area contributed by atoms with Gasteiger partial charge < -0.3 is 5.32 Å². The van der Waals surface area contributed by atoms with Crippen LogP contribution in [-0.2, 0) is 10.3 Å². The molecule has 1 aliphatic heterocycles. The number of carbonyl (C=O) groups excluding carboxylic acids is 1. The summed E-state index contributed by atoms with van der Waals surface area (Å²) in [6.45, 7) is 0. The topological polar surface area (TPSA) is 59.8 Å². The van der Waals surface area contributed by atoms with Crippen LogP contribution in [0.5, 0.6) is 0 Å². The first kappa shape index (κ1) is 14.0. The van der Waals surface area contributed by atoms with Crippen molar-refractivity contribution < 1.29 is 4.79 Å². The fourth-order valence-corrected chi connectivity index (χ4v) is 4.83. The molecule has 1 fully saturated rings. The third kappa shape index (κ3) is 1.84. The normalized spacial score (nSPS) is 24.7. The summed E-state index contributed by atoms with van der Waals surface area (Å²) in [6, 6.07) is 10.4. The van der Waals surface area contributed by atoms with Crippen molar-refractivity contribution >= 4 is 11.7 Å². The molecule has 1 spiro atoms. The van der Waals surface area contributed by atoms with E-state index in [4.69, 9.17) is 0 Å². The zero-order valence-electron chi connectivity index (χ0n) is 13.5. The van der Waals surface area contributed by atoms with Crippen molar-refractivity contribution in [2.24, 2.45) is 0 Å². The lowest BCUT2D eigenvalue weighted by Crippen LogP contribution is -2.44. The summed E-state index contributed by atoms with van der Waals surface area (Å²) >= 11 is 0. The van der Waals surface area contributed by atoms with Crippen molar-refractivity contribution in [2.45, 2.75) is 50.0 Å². The van der Waals surface area contributed by atoms with Crippen molar-refractivity contribution in [2.75, 3.05) is 5.32 Å². The minimum absolute atomic E-state index is 0.248. The summed E-state index contributed by atoms with van der Waals surface area (Å²) < 4.78 is 1.97. The summed E-state index contributed by atoms with van der Waals surface area (Å²) in [7, 11) is 0. The largest absolute Gasteiger partial charge is 0.328 e. The van der Waals surface area contributed by atoms with Crippen LogP contribution in [0.4, 0.5) is 5.95 Å². The number of rotatable bonds is 1. The molecule has 5 nitrogen and oxygen atoms in total. The van der Waals surface area contributed by atoms with Gasteiger partial charge in [0, 0.05) is 17.7 Å². The molecule has 24 heavy (non-hydrogen) atoms. The first-order valence-corrected chi connectivity index (χ1v) is 8.77. The van der Waals surface area contributed by atoms with Gasteiger partial charge in [-0.25, -0.2) is 4.68 Å². The monoisotopic (exact) mass is 320 g/mol. The van der Waals surface area contributed by atoms with E-state index in [1.165, 1.54) is 5.56 Å². The summed E-state index contributed by atoms with van der Waals surface area (Å²) in [5, 5.41) is 7.86. The molecule has 5 heteroatoms. The Bertz CT molecular complexity index is 830. The van der Waals surface area contributed by atoms with Crippen LogP contribution in [-0.4, -0.2) is 20.5 Å². The van der Waals surface area contributed by atoms with Crippen molar-refractivity contribution in [3.05, 3.63) is 53.5 Å². The summed E-state index contributed by atoms with van der Waals surface area (Å²) in [5.41, 5.74) is 3.03. The van der Waals surface area contributed by atoms with Gasteiger partial charge in [-0.1, -0.05) is 43.2 Å². The third-order valence-electron chi connectivity index (χ3n) is 5.85. The Morgan fingerprint density at radius 3 is 2.71 bits per heavy atom. The number of allylic oxidation sites excluding steroid dienone is 2. The van der Waals surface area contributed by atoms with Crippen LogP contribution >= 0.6 is 0 Å². The maximum atomic E-state index is 13.1. The van der Waals surface area contributed by atoms with Crippen LogP contribution in [0, 0.1) is 0 Å². The second-order valence-corrected chi connectivity index (χ2v) is 7.15. The van der Waals surface area contributed by atoms with Gasteiger partial charge in [0.15, 0.2) is 5.78 Å². The van der Waals surface area contributed by atoms with Crippen LogP contribution in [0.15, 0.2) is 47.9 Å². The average Bonchev–Trinajstić information content (AvgIpc) is 3.25. The zero-order chi connectivity index (χ0) is 16.1. The van der Waals surface area contributed by atoms with E-state index in [0.717, 1.165) is 49.3 Å². The lowest BCUT2D eigenvalue weighted by Gasteiger charge is -2.41. The molecule has 1 atom stereocenters. The average molecular weight is 320 g/mol. The SMILES string of the molecule is O=C1CC(c2ccccc2)CC2=C1C1(CCCC1)n1ncnc1N2. The number of nitrogens with zero attached hydrogens (tertiary/aromatic N) is 3. The molecule has 3 aliphatic rings. The van der Waals surface area contributed by atoms with E-state index >= 15 is 0 Å². The molecule has 0 amide bonds. The lowest BCUT2D eigenvalue weighted by atomic mass is 9.73. The van der Waals surface area contributed by atoms with E-state index in [0.29, 0.717) is 6.42 Å². The number of carbonyl (C=O) groups is 1. The Hall–Kier alpha value is -2.43. The molecule has 1 N–H and O–H groups in total. The quantitative estimate of drug-likeness (QED) is 0.875. The number of anilines is 1. The number of aromatic nitrogens is 3. The van der Waals surface area contributed by atoms with Crippen molar-refractivity contribution in [3.8, 4) is 0 Å². The van der Waals surface area contributed by atoms with Crippen molar-refractivity contribution in [1.29, 1.82) is 0 Å². The maximum Gasteiger partial charge on any atom is 0.226 e. The highest BCUT2D eigenvalue weighted by atomic mass is 16.1. The van der Waals surface area contributed by atoms with Crippen LogP contribution in [0.25, 0.3) is 0 Å². The molecule has 5 rings (SSSR count). The molecule has 1 aromatic carbocycles. The van der Waals surface area contributed by atoms with Gasteiger partial charge in [-0.05, 0) is 30.7 Å². The summed E-state index contributed by atoms with van der Waals surface area (Å²) in [6.07, 6.45) is 7.34. The molecular weight excluding hydrogens is 300 g/mol. The first-order valence-electron chi connectivity index (χ1n) is 8.77. The van der Waals surface area contributed by atoms with Gasteiger partial charge in [0.1, 0.15) is 6.33 Å². The first-order chi connectivity index (χ1) is 11.8. The van der Waals surface area contributed by atoms with Crippen LogP contribution in [0.3, 0.4) is 0 Å². The highest BCUT2D eigenvalue weighted by molar-refractivity contribution is 6.00. The molecule has 1 unspecified atom stereocenters. The number of fused-ring (bicyclic) bond motifs is 3. The zero-order valence-corrected chi connectivity index (χ0v) is 13.5. The second kappa shape index (κ2) is 5.03. The Labute approximate surface area is 140 Å². The fourth-order valence-electron chi connectivity index (χ4n) is 4.83. The van der Waals surface area contributed by atoms with E-state index in [1.54, 1.807) is 6.33 Å². The van der Waals surface area contributed by atoms with Gasteiger partial charge in [0.2, 0.25) is 5.95 Å². The highest BCUT2D eigenvalue weighted by Crippen LogP contribution is 2.51. The molecule has 0 bridgehead atoms. The second-order valence-electron chi connectivity index (χ2n) is 7.15. The molecule has 2 heterocycles. The number of hydrogen-bond donors (Lipinski definition) is 1. The van der Waals surface area contributed by atoms with E-state index < -0.39 is 0 Å². The highest BCUT2D eigenvalue weighted by Gasteiger charge is 2.50. The minimum atomic E-state index is -0.259. The van der Waals surface area contributed by atoms with E-state index in [9.17, 15) is 4.79 Å². The molecule has 0 radical (unpaired) electrons. The van der Waals surface area contributed by atoms with Crippen molar-refractivity contribution in [1.82, 2.24) is 14.8 Å². The Kier molecular flexibility index (Phi) is 2.93. The predicted octanol–water partition coefficient (Wildman–Crippen LogP) is 3.37. The molecule has 2 aliphatic carbocycles. The van der Waals surface area contributed by atoms with Gasteiger partial charge in [0.25, 0.3) is 0 Å². The summed E-state index contributed by atoms with van der Waals surface area (Å²) in [5.74, 6) is 1.32. The summed E-state index contributed by atoms with van der Waals surface area (Å²) in [4.78, 5) is 17.5. The van der Waals surface area contributed by atoms with Gasteiger partial charge >= 0.3 is 0 Å². The molecule has 1 aromatic heterocycles. The fraction of sp³-hybridized carbons (Fsp3) is 0.421.